The summed E-state index contributed by atoms with van der Waals surface area (Å²) in [5.41, 5.74) is 1.11. The van der Waals surface area contributed by atoms with Gasteiger partial charge in [-0.25, -0.2) is 4.39 Å². The fraction of sp³-hybridized carbons (Fsp3) is 0.696. The van der Waals surface area contributed by atoms with Gasteiger partial charge in [0.25, 0.3) is 0 Å². The standard InChI is InChI=1S/C23H33FN2O/c24-20-8-6-19(7-9-20)21-14-22(21)23(27)26-12-10-18(11-13-26)16-25-15-17-4-2-1-3-5-17/h6-9,17-18,21-22,25H,1-5,10-16H2/t21-,22+/m1/s1. The van der Waals surface area contributed by atoms with Crippen molar-refractivity contribution in [3.05, 3.63) is 35.6 Å². The van der Waals surface area contributed by atoms with Crippen molar-refractivity contribution in [2.75, 3.05) is 26.2 Å². The summed E-state index contributed by atoms with van der Waals surface area (Å²) in [6.45, 7) is 4.10. The van der Waals surface area contributed by atoms with E-state index in [1.54, 1.807) is 0 Å². The number of nitrogens with one attached hydrogen (secondary N) is 1. The Morgan fingerprint density at radius 1 is 0.963 bits per heavy atom. The molecule has 1 heterocycles. The Balaban J connectivity index is 1.16. The highest BCUT2D eigenvalue weighted by atomic mass is 19.1. The number of nitrogens with zero attached hydrogens (tertiary/aromatic N) is 1. The number of benzene rings is 1. The van der Waals surface area contributed by atoms with Crippen LogP contribution in [0.4, 0.5) is 4.39 Å². The molecule has 0 aromatic heterocycles. The molecule has 27 heavy (non-hydrogen) atoms. The van der Waals surface area contributed by atoms with E-state index in [9.17, 15) is 9.18 Å². The number of rotatable bonds is 6. The van der Waals surface area contributed by atoms with Gasteiger partial charge in [-0.1, -0.05) is 31.4 Å². The molecule has 3 nitrogen and oxygen atoms in total. The molecule has 2 saturated carbocycles. The van der Waals surface area contributed by atoms with Gasteiger partial charge in [0.1, 0.15) is 5.82 Å². The number of carbonyl (C=O) groups is 1. The summed E-state index contributed by atoms with van der Waals surface area (Å²) in [6, 6.07) is 6.66. The lowest BCUT2D eigenvalue weighted by Gasteiger charge is -2.33. The summed E-state index contributed by atoms with van der Waals surface area (Å²) >= 11 is 0. The van der Waals surface area contributed by atoms with Crippen LogP contribution in [0.25, 0.3) is 0 Å². The minimum atomic E-state index is -0.207. The molecule has 0 spiro atoms. The number of carbonyl (C=O) groups excluding carboxylic acids is 1. The van der Waals surface area contributed by atoms with Crippen LogP contribution in [0.15, 0.2) is 24.3 Å². The lowest BCUT2D eigenvalue weighted by molar-refractivity contribution is -0.134. The molecule has 1 aliphatic heterocycles. The number of amides is 1. The zero-order valence-corrected chi connectivity index (χ0v) is 16.3. The molecule has 3 fully saturated rings. The first-order chi connectivity index (χ1) is 13.2. The Hall–Kier alpha value is -1.42. The summed E-state index contributed by atoms with van der Waals surface area (Å²) in [7, 11) is 0. The smallest absolute Gasteiger partial charge is 0.226 e. The molecule has 0 radical (unpaired) electrons. The first-order valence-electron chi connectivity index (χ1n) is 11.0. The van der Waals surface area contributed by atoms with Crippen LogP contribution in [0, 0.1) is 23.6 Å². The first-order valence-corrected chi connectivity index (χ1v) is 11.0. The van der Waals surface area contributed by atoms with Gasteiger partial charge in [-0.2, -0.15) is 0 Å². The lowest BCUT2D eigenvalue weighted by atomic mass is 9.89. The van der Waals surface area contributed by atoms with Crippen LogP contribution in [0.3, 0.4) is 0 Å². The fourth-order valence-electron chi connectivity index (χ4n) is 5.02. The third-order valence-electron chi connectivity index (χ3n) is 6.92. The Morgan fingerprint density at radius 3 is 2.26 bits per heavy atom. The molecular weight excluding hydrogens is 339 g/mol. The van der Waals surface area contributed by atoms with Crippen LogP contribution in [-0.4, -0.2) is 37.0 Å². The normalized spacial score (nSPS) is 26.9. The zero-order valence-electron chi connectivity index (χ0n) is 16.3. The number of hydrogen-bond acceptors (Lipinski definition) is 2. The van der Waals surface area contributed by atoms with E-state index in [4.69, 9.17) is 0 Å². The van der Waals surface area contributed by atoms with Crippen LogP contribution >= 0.6 is 0 Å². The topological polar surface area (TPSA) is 32.3 Å². The summed E-state index contributed by atoms with van der Waals surface area (Å²) in [6.07, 6.45) is 10.2. The van der Waals surface area contributed by atoms with Gasteiger partial charge < -0.3 is 10.2 Å². The first kappa shape index (κ1) is 18.9. The highest BCUT2D eigenvalue weighted by molar-refractivity contribution is 5.83. The molecule has 2 aliphatic carbocycles. The molecule has 1 amide bonds. The number of hydrogen-bond donors (Lipinski definition) is 1. The quantitative estimate of drug-likeness (QED) is 0.806. The van der Waals surface area contributed by atoms with E-state index in [1.165, 1.54) is 50.8 Å². The average molecular weight is 373 g/mol. The Labute approximate surface area is 162 Å². The molecular formula is C23H33FN2O. The molecule has 1 aromatic rings. The predicted molar refractivity (Wildman–Crippen MR) is 106 cm³/mol. The third kappa shape index (κ3) is 4.90. The summed E-state index contributed by atoms with van der Waals surface area (Å²) in [5, 5.41) is 3.70. The molecule has 3 aliphatic rings. The van der Waals surface area contributed by atoms with Gasteiger partial charge in [-0.15, -0.1) is 0 Å². The van der Waals surface area contributed by atoms with Gasteiger partial charge in [0.2, 0.25) is 5.91 Å². The van der Waals surface area contributed by atoms with E-state index in [1.807, 2.05) is 12.1 Å². The molecule has 4 heteroatoms. The van der Waals surface area contributed by atoms with Gasteiger partial charge >= 0.3 is 0 Å². The maximum Gasteiger partial charge on any atom is 0.226 e. The molecule has 1 N–H and O–H groups in total. The molecule has 4 rings (SSSR count). The Bertz CT molecular complexity index is 618. The molecule has 0 unspecified atom stereocenters. The van der Waals surface area contributed by atoms with E-state index in [0.29, 0.717) is 17.7 Å². The molecule has 1 saturated heterocycles. The van der Waals surface area contributed by atoms with E-state index in [0.717, 1.165) is 50.4 Å². The third-order valence-corrected chi connectivity index (χ3v) is 6.92. The molecule has 0 bridgehead atoms. The molecule has 148 valence electrons. The van der Waals surface area contributed by atoms with Gasteiger partial charge in [-0.3, -0.25) is 4.79 Å². The van der Waals surface area contributed by atoms with Gasteiger partial charge in [0, 0.05) is 19.0 Å². The van der Waals surface area contributed by atoms with E-state index >= 15 is 0 Å². The Kier molecular flexibility index (Phi) is 6.11. The van der Waals surface area contributed by atoms with Crippen LogP contribution in [0.1, 0.15) is 62.8 Å². The highest BCUT2D eigenvalue weighted by Gasteiger charge is 2.46. The maximum atomic E-state index is 13.1. The second-order valence-electron chi connectivity index (χ2n) is 8.93. The SMILES string of the molecule is O=C([C@H]1C[C@@H]1c1ccc(F)cc1)N1CCC(CNCC2CCCCC2)CC1. The van der Waals surface area contributed by atoms with Crippen molar-refractivity contribution in [1.82, 2.24) is 10.2 Å². The highest BCUT2D eigenvalue weighted by Crippen LogP contribution is 2.48. The van der Waals surface area contributed by atoms with E-state index < -0.39 is 0 Å². The summed E-state index contributed by atoms with van der Waals surface area (Å²) < 4.78 is 13.1. The second kappa shape index (κ2) is 8.72. The number of likely N-dealkylation sites (tertiary alicyclic amines) is 1. The van der Waals surface area contributed by atoms with E-state index in [-0.39, 0.29) is 11.7 Å². The monoisotopic (exact) mass is 372 g/mol. The second-order valence-corrected chi connectivity index (χ2v) is 8.93. The van der Waals surface area contributed by atoms with Crippen molar-refractivity contribution in [2.45, 2.75) is 57.3 Å². The van der Waals surface area contributed by atoms with Gasteiger partial charge in [0.05, 0.1) is 0 Å². The zero-order chi connectivity index (χ0) is 18.6. The van der Waals surface area contributed by atoms with Crippen LogP contribution < -0.4 is 5.32 Å². The average Bonchev–Trinajstić information content (AvgIpc) is 3.50. The number of halogens is 1. The van der Waals surface area contributed by atoms with Crippen molar-refractivity contribution >= 4 is 5.91 Å². The minimum absolute atomic E-state index is 0.122. The van der Waals surface area contributed by atoms with Crippen LogP contribution in [0.2, 0.25) is 0 Å². The Morgan fingerprint density at radius 2 is 1.59 bits per heavy atom. The summed E-state index contributed by atoms with van der Waals surface area (Å²) in [4.78, 5) is 14.8. The molecule has 1 aromatic carbocycles. The van der Waals surface area contributed by atoms with E-state index in [2.05, 4.69) is 10.2 Å². The maximum absolute atomic E-state index is 13.1. The lowest BCUT2D eigenvalue weighted by Crippen LogP contribution is -2.42. The molecule has 2 atom stereocenters. The van der Waals surface area contributed by atoms with Crippen LogP contribution in [-0.2, 0) is 4.79 Å². The summed E-state index contributed by atoms with van der Waals surface area (Å²) in [5.74, 6) is 2.13. The largest absolute Gasteiger partial charge is 0.342 e. The number of piperidine rings is 1. The van der Waals surface area contributed by atoms with Gasteiger partial charge in [0.15, 0.2) is 0 Å². The van der Waals surface area contributed by atoms with Gasteiger partial charge in [-0.05, 0) is 80.6 Å². The van der Waals surface area contributed by atoms with Crippen molar-refractivity contribution in [3.63, 3.8) is 0 Å². The predicted octanol–water partition coefficient (Wildman–Crippen LogP) is 4.34. The van der Waals surface area contributed by atoms with Crippen molar-refractivity contribution in [2.24, 2.45) is 17.8 Å². The van der Waals surface area contributed by atoms with Crippen LogP contribution in [0.5, 0.6) is 0 Å². The fourth-order valence-corrected chi connectivity index (χ4v) is 5.02. The minimum Gasteiger partial charge on any atom is -0.342 e. The van der Waals surface area contributed by atoms with Crippen molar-refractivity contribution in [1.29, 1.82) is 0 Å². The van der Waals surface area contributed by atoms with Crippen molar-refractivity contribution in [3.8, 4) is 0 Å². The van der Waals surface area contributed by atoms with Crippen molar-refractivity contribution < 1.29 is 9.18 Å².